The molecular formula is C11H15NO4. The Morgan fingerprint density at radius 2 is 2.25 bits per heavy atom. The highest BCUT2D eigenvalue weighted by Gasteiger charge is 2.37. The van der Waals surface area contributed by atoms with Crippen LogP contribution in [0.4, 0.5) is 0 Å². The van der Waals surface area contributed by atoms with E-state index in [4.69, 9.17) is 15.3 Å². The Balaban J connectivity index is 2.09. The zero-order valence-corrected chi connectivity index (χ0v) is 8.96. The minimum atomic E-state index is -1.35. The summed E-state index contributed by atoms with van der Waals surface area (Å²) in [6.07, 6.45) is -0.214. The Morgan fingerprint density at radius 1 is 1.62 bits per heavy atom. The third kappa shape index (κ3) is 1.96. The van der Waals surface area contributed by atoms with Crippen molar-refractivity contribution in [2.75, 3.05) is 0 Å². The summed E-state index contributed by atoms with van der Waals surface area (Å²) in [5, 5.41) is 18.3. The third-order valence-corrected chi connectivity index (χ3v) is 3.04. The molecule has 5 nitrogen and oxygen atoms in total. The molecule has 0 amide bonds. The predicted octanol–water partition coefficient (Wildman–Crippen LogP) is 0.848. The fraction of sp³-hybridized carbons (Fsp3) is 0.545. The minimum Gasteiger partial charge on any atom is -0.480 e. The van der Waals surface area contributed by atoms with Crippen LogP contribution in [-0.4, -0.2) is 22.2 Å². The molecule has 5 heteroatoms. The van der Waals surface area contributed by atoms with E-state index in [1.165, 1.54) is 0 Å². The second-order valence-corrected chi connectivity index (χ2v) is 4.37. The molecule has 1 aliphatic carbocycles. The molecule has 1 saturated carbocycles. The van der Waals surface area contributed by atoms with Crippen molar-refractivity contribution in [3.8, 4) is 0 Å². The average molecular weight is 225 g/mol. The van der Waals surface area contributed by atoms with Crippen LogP contribution < -0.4 is 5.73 Å². The molecule has 0 aliphatic heterocycles. The van der Waals surface area contributed by atoms with Crippen LogP contribution in [0.3, 0.4) is 0 Å². The SMILES string of the molecule is CC1CC1c1ccc(C(O)C(N)C(=O)O)o1. The highest BCUT2D eigenvalue weighted by molar-refractivity contribution is 5.74. The molecule has 0 saturated heterocycles. The molecule has 0 radical (unpaired) electrons. The molecule has 1 aromatic rings. The van der Waals surface area contributed by atoms with E-state index < -0.39 is 18.1 Å². The van der Waals surface area contributed by atoms with Crippen LogP contribution in [0.25, 0.3) is 0 Å². The largest absolute Gasteiger partial charge is 0.480 e. The van der Waals surface area contributed by atoms with E-state index >= 15 is 0 Å². The van der Waals surface area contributed by atoms with Gasteiger partial charge in [-0.1, -0.05) is 6.92 Å². The van der Waals surface area contributed by atoms with Gasteiger partial charge in [0.25, 0.3) is 0 Å². The second kappa shape index (κ2) is 3.92. The van der Waals surface area contributed by atoms with Crippen molar-refractivity contribution in [3.63, 3.8) is 0 Å². The van der Waals surface area contributed by atoms with Crippen molar-refractivity contribution in [1.29, 1.82) is 0 Å². The molecular weight excluding hydrogens is 210 g/mol. The Morgan fingerprint density at radius 3 is 2.75 bits per heavy atom. The lowest BCUT2D eigenvalue weighted by molar-refractivity contribution is -0.141. The predicted molar refractivity (Wildman–Crippen MR) is 55.8 cm³/mol. The maximum Gasteiger partial charge on any atom is 0.323 e. The quantitative estimate of drug-likeness (QED) is 0.705. The Labute approximate surface area is 92.9 Å². The van der Waals surface area contributed by atoms with Crippen LogP contribution in [0, 0.1) is 5.92 Å². The van der Waals surface area contributed by atoms with Crippen molar-refractivity contribution in [3.05, 3.63) is 23.7 Å². The van der Waals surface area contributed by atoms with Crippen molar-refractivity contribution in [2.45, 2.75) is 31.4 Å². The fourth-order valence-corrected chi connectivity index (χ4v) is 1.76. The van der Waals surface area contributed by atoms with Crippen LogP contribution in [-0.2, 0) is 4.79 Å². The number of furan rings is 1. The molecule has 88 valence electrons. The smallest absolute Gasteiger partial charge is 0.323 e. The average Bonchev–Trinajstić information content (AvgIpc) is 2.80. The molecule has 0 aromatic carbocycles. The summed E-state index contributed by atoms with van der Waals surface area (Å²) in [6.45, 7) is 2.12. The second-order valence-electron chi connectivity index (χ2n) is 4.37. The van der Waals surface area contributed by atoms with Gasteiger partial charge in [0.1, 0.15) is 23.7 Å². The summed E-state index contributed by atoms with van der Waals surface area (Å²) < 4.78 is 5.42. The van der Waals surface area contributed by atoms with Gasteiger partial charge < -0.3 is 20.4 Å². The Kier molecular flexibility index (Phi) is 2.73. The number of carboxylic acids is 1. The molecule has 1 heterocycles. The monoisotopic (exact) mass is 225 g/mol. The number of hydrogen-bond donors (Lipinski definition) is 3. The molecule has 0 spiro atoms. The normalized spacial score (nSPS) is 27.4. The fourth-order valence-electron chi connectivity index (χ4n) is 1.76. The van der Waals surface area contributed by atoms with Crippen LogP contribution in [0.5, 0.6) is 0 Å². The van der Waals surface area contributed by atoms with Gasteiger partial charge in [-0.25, -0.2) is 0 Å². The van der Waals surface area contributed by atoms with Crippen LogP contribution in [0.2, 0.25) is 0 Å². The van der Waals surface area contributed by atoms with Gasteiger partial charge in [0.05, 0.1) is 0 Å². The third-order valence-electron chi connectivity index (χ3n) is 3.04. The number of aliphatic carboxylic acids is 1. The lowest BCUT2D eigenvalue weighted by atomic mass is 10.1. The first-order chi connectivity index (χ1) is 7.50. The zero-order valence-electron chi connectivity index (χ0n) is 8.96. The highest BCUT2D eigenvalue weighted by Crippen LogP contribution is 2.47. The number of nitrogens with two attached hydrogens (primary N) is 1. The van der Waals surface area contributed by atoms with Crippen LogP contribution in [0.1, 0.15) is 36.9 Å². The number of carboxylic acid groups (broad SMARTS) is 1. The van der Waals surface area contributed by atoms with E-state index in [1.54, 1.807) is 12.1 Å². The summed E-state index contributed by atoms with van der Waals surface area (Å²) in [5.41, 5.74) is 5.31. The first-order valence-corrected chi connectivity index (χ1v) is 5.26. The Bertz CT molecular complexity index is 400. The summed E-state index contributed by atoms with van der Waals surface area (Å²) in [4.78, 5) is 10.6. The molecule has 0 bridgehead atoms. The molecule has 4 atom stereocenters. The topological polar surface area (TPSA) is 96.7 Å². The van der Waals surface area contributed by atoms with Crippen LogP contribution in [0.15, 0.2) is 16.5 Å². The lowest BCUT2D eigenvalue weighted by Crippen LogP contribution is -2.36. The first-order valence-electron chi connectivity index (χ1n) is 5.26. The molecule has 2 rings (SSSR count). The molecule has 4 N–H and O–H groups in total. The minimum absolute atomic E-state index is 0.226. The molecule has 16 heavy (non-hydrogen) atoms. The molecule has 4 unspecified atom stereocenters. The number of hydrogen-bond acceptors (Lipinski definition) is 4. The van der Waals surface area contributed by atoms with Gasteiger partial charge in [0.15, 0.2) is 0 Å². The number of aliphatic hydroxyl groups excluding tert-OH is 1. The van der Waals surface area contributed by atoms with Gasteiger partial charge >= 0.3 is 5.97 Å². The van der Waals surface area contributed by atoms with E-state index in [1.807, 2.05) is 0 Å². The zero-order chi connectivity index (χ0) is 11.9. The summed E-state index contributed by atoms with van der Waals surface area (Å²) in [6, 6.07) is 2.02. The maximum absolute atomic E-state index is 10.6. The van der Waals surface area contributed by atoms with Crippen molar-refractivity contribution < 1.29 is 19.4 Å². The van der Waals surface area contributed by atoms with Gasteiger partial charge in [0.2, 0.25) is 0 Å². The molecule has 1 fully saturated rings. The first kappa shape index (κ1) is 11.2. The van der Waals surface area contributed by atoms with Crippen molar-refractivity contribution in [1.82, 2.24) is 0 Å². The van der Waals surface area contributed by atoms with E-state index in [-0.39, 0.29) is 5.76 Å². The van der Waals surface area contributed by atoms with Gasteiger partial charge in [-0.15, -0.1) is 0 Å². The van der Waals surface area contributed by atoms with Gasteiger partial charge in [-0.3, -0.25) is 4.79 Å². The standard InChI is InChI=1S/C11H15NO4/c1-5-4-6(5)7-2-3-8(16-7)10(13)9(12)11(14)15/h2-3,5-6,9-10,13H,4,12H2,1H3,(H,14,15). The van der Waals surface area contributed by atoms with Crippen molar-refractivity contribution in [2.24, 2.45) is 11.7 Å². The van der Waals surface area contributed by atoms with Crippen LogP contribution >= 0.6 is 0 Å². The van der Waals surface area contributed by atoms with Gasteiger partial charge in [-0.2, -0.15) is 0 Å². The van der Waals surface area contributed by atoms with Gasteiger partial charge in [-0.05, 0) is 24.5 Å². The highest BCUT2D eigenvalue weighted by atomic mass is 16.4. The summed E-state index contributed by atoms with van der Waals surface area (Å²) in [5.74, 6) is 0.791. The van der Waals surface area contributed by atoms with Crippen molar-refractivity contribution >= 4 is 5.97 Å². The van der Waals surface area contributed by atoms with E-state index in [9.17, 15) is 9.90 Å². The molecule has 1 aromatic heterocycles. The molecule has 1 aliphatic rings. The van der Waals surface area contributed by atoms with E-state index in [0.29, 0.717) is 11.8 Å². The number of aliphatic hydroxyl groups is 1. The Hall–Kier alpha value is -1.33. The van der Waals surface area contributed by atoms with E-state index in [2.05, 4.69) is 6.92 Å². The number of carbonyl (C=O) groups is 1. The lowest BCUT2D eigenvalue weighted by Gasteiger charge is -2.11. The number of rotatable bonds is 4. The van der Waals surface area contributed by atoms with E-state index in [0.717, 1.165) is 12.2 Å². The van der Waals surface area contributed by atoms with Gasteiger partial charge in [0, 0.05) is 5.92 Å². The summed E-state index contributed by atoms with van der Waals surface area (Å²) in [7, 11) is 0. The maximum atomic E-state index is 10.6. The summed E-state index contributed by atoms with van der Waals surface area (Å²) >= 11 is 0.